The highest BCUT2D eigenvalue weighted by atomic mass is 32.2. The van der Waals surface area contributed by atoms with E-state index >= 15 is 0 Å². The Morgan fingerprint density at radius 1 is 0.958 bits per heavy atom. The highest BCUT2D eigenvalue weighted by Crippen LogP contribution is 2.34. The molecule has 2 aromatic carbocycles. The van der Waals surface area contributed by atoms with Crippen LogP contribution in [0.2, 0.25) is 0 Å². The topological polar surface area (TPSA) is 40.6 Å². The molecule has 3 rings (SSSR count). The summed E-state index contributed by atoms with van der Waals surface area (Å²) in [6.45, 7) is 0.964. The van der Waals surface area contributed by atoms with Crippen LogP contribution in [-0.4, -0.2) is 28.6 Å². The molecule has 4 nitrogen and oxygen atoms in total. The summed E-state index contributed by atoms with van der Waals surface area (Å²) < 4.78 is 53.7. The van der Waals surface area contributed by atoms with Crippen molar-refractivity contribution in [2.45, 2.75) is 12.2 Å². The van der Waals surface area contributed by atoms with Crippen molar-refractivity contribution in [1.29, 1.82) is 0 Å². The van der Waals surface area contributed by atoms with Gasteiger partial charge in [0.15, 0.2) is 0 Å². The van der Waals surface area contributed by atoms with Gasteiger partial charge in [-0.2, -0.15) is 0 Å². The molecule has 1 aliphatic rings. The molecule has 0 fully saturated rings. The van der Waals surface area contributed by atoms with Gasteiger partial charge in [-0.3, -0.25) is 4.31 Å². The molecule has 0 radical (unpaired) electrons. The van der Waals surface area contributed by atoms with Crippen LogP contribution in [0, 0.1) is 11.6 Å². The number of rotatable bonds is 3. The van der Waals surface area contributed by atoms with E-state index in [0.29, 0.717) is 29.9 Å². The minimum Gasteiger partial charge on any atom is -0.373 e. The van der Waals surface area contributed by atoms with Gasteiger partial charge in [-0.05, 0) is 36.2 Å². The maximum atomic E-state index is 13.7. The smallest absolute Gasteiger partial charge is 0.239 e. The minimum absolute atomic E-state index is 0.257. The zero-order valence-corrected chi connectivity index (χ0v) is 14.1. The first-order valence-electron chi connectivity index (χ1n) is 7.62. The fourth-order valence-electron chi connectivity index (χ4n) is 2.87. The van der Waals surface area contributed by atoms with E-state index < -0.39 is 21.7 Å². The molecule has 0 bridgehead atoms. The standard InChI is InChI=1S/C17H18F2N2O2S/c1-20-9-2-10-21(17-11-15(19)7-8-16(17)20)24(22,23)12-13-3-5-14(18)6-4-13/h3-8,11H,2,9-10,12H2,1H3. The number of sulfonamides is 1. The molecule has 0 aromatic heterocycles. The largest absolute Gasteiger partial charge is 0.373 e. The molecule has 128 valence electrons. The predicted molar refractivity (Wildman–Crippen MR) is 90.7 cm³/mol. The molecule has 0 spiro atoms. The van der Waals surface area contributed by atoms with Gasteiger partial charge in [0, 0.05) is 26.2 Å². The van der Waals surface area contributed by atoms with Crippen molar-refractivity contribution in [1.82, 2.24) is 0 Å². The third-order valence-electron chi connectivity index (χ3n) is 4.07. The summed E-state index contributed by atoms with van der Waals surface area (Å²) in [5.74, 6) is -1.15. The summed E-state index contributed by atoms with van der Waals surface area (Å²) in [5.41, 5.74) is 1.51. The average molecular weight is 352 g/mol. The number of fused-ring (bicyclic) bond motifs is 1. The fraction of sp³-hybridized carbons (Fsp3) is 0.294. The van der Waals surface area contributed by atoms with Crippen LogP contribution < -0.4 is 9.21 Å². The van der Waals surface area contributed by atoms with Crippen molar-refractivity contribution in [2.75, 3.05) is 29.3 Å². The normalized spacial score (nSPS) is 15.1. The molecule has 0 amide bonds. The first kappa shape index (κ1) is 16.7. The second-order valence-corrected chi connectivity index (χ2v) is 7.76. The molecule has 0 saturated carbocycles. The van der Waals surface area contributed by atoms with Gasteiger partial charge in [0.25, 0.3) is 0 Å². The maximum Gasteiger partial charge on any atom is 0.239 e. The first-order chi connectivity index (χ1) is 11.4. The highest BCUT2D eigenvalue weighted by molar-refractivity contribution is 7.92. The monoisotopic (exact) mass is 352 g/mol. The van der Waals surface area contributed by atoms with E-state index in [1.54, 1.807) is 6.07 Å². The zero-order chi connectivity index (χ0) is 17.3. The van der Waals surface area contributed by atoms with Crippen molar-refractivity contribution < 1.29 is 17.2 Å². The van der Waals surface area contributed by atoms with Crippen LogP contribution in [0.15, 0.2) is 42.5 Å². The predicted octanol–water partition coefficient (Wildman–Crippen LogP) is 3.14. The lowest BCUT2D eigenvalue weighted by molar-refractivity contribution is 0.588. The number of hydrogen-bond donors (Lipinski definition) is 0. The highest BCUT2D eigenvalue weighted by Gasteiger charge is 2.28. The molecule has 1 aliphatic heterocycles. The molecule has 0 N–H and O–H groups in total. The third kappa shape index (κ3) is 3.36. The van der Waals surface area contributed by atoms with E-state index in [2.05, 4.69) is 0 Å². The Labute approximate surface area is 140 Å². The SMILES string of the molecule is CN1CCCN(S(=O)(=O)Cc2ccc(F)cc2)c2cc(F)ccc21. The Morgan fingerprint density at radius 2 is 1.62 bits per heavy atom. The second kappa shape index (κ2) is 6.39. The minimum atomic E-state index is -3.71. The fourth-order valence-corrected chi connectivity index (χ4v) is 4.49. The number of anilines is 2. The molecule has 0 saturated heterocycles. The van der Waals surface area contributed by atoms with E-state index in [9.17, 15) is 17.2 Å². The lowest BCUT2D eigenvalue weighted by atomic mass is 10.2. The van der Waals surface area contributed by atoms with E-state index in [1.165, 1.54) is 40.7 Å². The average Bonchev–Trinajstić information content (AvgIpc) is 2.69. The lowest BCUT2D eigenvalue weighted by Gasteiger charge is -2.25. The van der Waals surface area contributed by atoms with Crippen LogP contribution in [0.4, 0.5) is 20.2 Å². The van der Waals surface area contributed by atoms with Crippen LogP contribution in [0.5, 0.6) is 0 Å². The summed E-state index contributed by atoms with van der Waals surface area (Å²) in [6, 6.07) is 9.52. The van der Waals surface area contributed by atoms with E-state index in [0.717, 1.165) is 0 Å². The summed E-state index contributed by atoms with van der Waals surface area (Å²) >= 11 is 0. The number of nitrogens with zero attached hydrogens (tertiary/aromatic N) is 2. The summed E-state index contributed by atoms with van der Waals surface area (Å²) in [6.07, 6.45) is 0.634. The quantitative estimate of drug-likeness (QED) is 0.852. The van der Waals surface area contributed by atoms with Crippen molar-refractivity contribution in [3.05, 3.63) is 59.7 Å². The van der Waals surface area contributed by atoms with Crippen molar-refractivity contribution in [3.8, 4) is 0 Å². The summed E-state index contributed by atoms with van der Waals surface area (Å²) in [4.78, 5) is 1.92. The van der Waals surface area contributed by atoms with Gasteiger partial charge in [-0.1, -0.05) is 12.1 Å². The van der Waals surface area contributed by atoms with Crippen LogP contribution in [-0.2, 0) is 15.8 Å². The number of hydrogen-bond acceptors (Lipinski definition) is 3. The van der Waals surface area contributed by atoms with Crippen LogP contribution in [0.3, 0.4) is 0 Å². The molecule has 7 heteroatoms. The molecular weight excluding hydrogens is 334 g/mol. The Morgan fingerprint density at radius 3 is 2.33 bits per heavy atom. The summed E-state index contributed by atoms with van der Waals surface area (Å²) in [7, 11) is -1.85. The van der Waals surface area contributed by atoms with Gasteiger partial charge in [-0.15, -0.1) is 0 Å². The molecule has 1 heterocycles. The van der Waals surface area contributed by atoms with Crippen LogP contribution >= 0.6 is 0 Å². The van der Waals surface area contributed by atoms with E-state index in [-0.39, 0.29) is 12.3 Å². The second-order valence-electron chi connectivity index (χ2n) is 5.86. The molecule has 0 aliphatic carbocycles. The lowest BCUT2D eigenvalue weighted by Crippen LogP contribution is -2.32. The van der Waals surface area contributed by atoms with Gasteiger partial charge in [0.05, 0.1) is 17.1 Å². The molecule has 2 aromatic rings. The molecule has 24 heavy (non-hydrogen) atoms. The van der Waals surface area contributed by atoms with Gasteiger partial charge in [-0.25, -0.2) is 17.2 Å². The van der Waals surface area contributed by atoms with Gasteiger partial charge in [0.1, 0.15) is 11.6 Å². The number of halogens is 2. The van der Waals surface area contributed by atoms with Gasteiger partial charge < -0.3 is 4.90 Å². The van der Waals surface area contributed by atoms with Gasteiger partial charge >= 0.3 is 0 Å². The Bertz CT molecular complexity index is 838. The van der Waals surface area contributed by atoms with Crippen molar-refractivity contribution in [3.63, 3.8) is 0 Å². The molecule has 0 atom stereocenters. The molecular formula is C17H18F2N2O2S. The third-order valence-corrected chi connectivity index (χ3v) is 5.82. The Hall–Kier alpha value is -2.15. The summed E-state index contributed by atoms with van der Waals surface area (Å²) in [5, 5.41) is 0. The maximum absolute atomic E-state index is 13.7. The zero-order valence-electron chi connectivity index (χ0n) is 13.2. The molecule has 0 unspecified atom stereocenters. The van der Waals surface area contributed by atoms with E-state index in [1.807, 2.05) is 11.9 Å². The van der Waals surface area contributed by atoms with Crippen LogP contribution in [0.25, 0.3) is 0 Å². The van der Waals surface area contributed by atoms with Crippen molar-refractivity contribution >= 4 is 21.4 Å². The Balaban J connectivity index is 1.99. The van der Waals surface area contributed by atoms with Crippen LogP contribution in [0.1, 0.15) is 12.0 Å². The number of benzene rings is 2. The Kier molecular flexibility index (Phi) is 4.45. The van der Waals surface area contributed by atoms with Gasteiger partial charge in [0.2, 0.25) is 10.0 Å². The van der Waals surface area contributed by atoms with Crippen molar-refractivity contribution in [2.24, 2.45) is 0 Å². The first-order valence-corrected chi connectivity index (χ1v) is 9.23. The van der Waals surface area contributed by atoms with E-state index in [4.69, 9.17) is 0 Å².